The van der Waals surface area contributed by atoms with E-state index in [1.54, 1.807) is 28.4 Å². The standard InChI is InChI=1S/C36H34N2O6/c1-41-31-14-9-22(17-33(31)43-3)19-37-36(39)29-13-12-28-30-16-23(8-11-25(30)26-6-5-7-27(29)35(26)28)20-38(40)21-24-10-15-32(42-2)34(18-24)44-4/h5-18,38H,19-21H2,1-4H3,(H,37,39). The first-order valence-electron chi connectivity index (χ1n) is 14.3. The summed E-state index contributed by atoms with van der Waals surface area (Å²) in [4.78, 5) is 13.4. The molecule has 0 bridgehead atoms. The molecule has 2 N–H and O–H groups in total. The summed E-state index contributed by atoms with van der Waals surface area (Å²) in [6.07, 6.45) is 0. The fourth-order valence-corrected chi connectivity index (χ4v) is 5.99. The molecule has 0 aliphatic heterocycles. The molecule has 0 spiro atoms. The maximum atomic E-state index is 13.4. The van der Waals surface area contributed by atoms with Gasteiger partial charge in [-0.15, -0.1) is 0 Å². The summed E-state index contributed by atoms with van der Waals surface area (Å²) in [6.45, 7) is 0.968. The molecule has 0 saturated heterocycles. The second-order valence-corrected chi connectivity index (χ2v) is 10.7. The third-order valence-corrected chi connectivity index (χ3v) is 8.10. The van der Waals surface area contributed by atoms with Gasteiger partial charge in [0.2, 0.25) is 0 Å². The van der Waals surface area contributed by atoms with Gasteiger partial charge in [0.1, 0.15) is 13.1 Å². The van der Waals surface area contributed by atoms with Crippen molar-refractivity contribution in [1.82, 2.24) is 5.32 Å². The first-order valence-corrected chi connectivity index (χ1v) is 14.3. The van der Waals surface area contributed by atoms with Crippen molar-refractivity contribution in [1.29, 1.82) is 0 Å². The molecule has 8 heteroatoms. The summed E-state index contributed by atoms with van der Waals surface area (Å²) in [5.74, 6) is 2.34. The number of quaternary nitrogens is 1. The van der Waals surface area contributed by atoms with Crippen molar-refractivity contribution in [2.75, 3.05) is 28.4 Å². The molecule has 224 valence electrons. The topological polar surface area (TPSA) is 93.5 Å². The number of ether oxygens (including phenoxy) is 4. The van der Waals surface area contributed by atoms with E-state index in [9.17, 15) is 10.0 Å². The van der Waals surface area contributed by atoms with Gasteiger partial charge in [0.25, 0.3) is 5.91 Å². The zero-order valence-corrected chi connectivity index (χ0v) is 25.2. The van der Waals surface area contributed by atoms with E-state index in [1.165, 1.54) is 0 Å². The fourth-order valence-electron chi connectivity index (χ4n) is 5.99. The predicted octanol–water partition coefficient (Wildman–Crippen LogP) is 5.53. The van der Waals surface area contributed by atoms with Crippen LogP contribution in [0, 0.1) is 5.21 Å². The van der Waals surface area contributed by atoms with Crippen LogP contribution in [0.5, 0.6) is 23.0 Å². The predicted molar refractivity (Wildman–Crippen MR) is 170 cm³/mol. The van der Waals surface area contributed by atoms with E-state index in [1.807, 2.05) is 66.7 Å². The molecule has 6 rings (SSSR count). The lowest BCUT2D eigenvalue weighted by Crippen LogP contribution is -3.04. The number of carbonyl (C=O) groups excluding carboxylic acids is 1. The highest BCUT2D eigenvalue weighted by atomic mass is 16.5. The Morgan fingerprint density at radius 3 is 1.89 bits per heavy atom. The van der Waals surface area contributed by atoms with Gasteiger partial charge in [-0.25, -0.2) is 0 Å². The number of nitrogens with one attached hydrogen (secondary N) is 2. The minimum Gasteiger partial charge on any atom is -0.634 e. The van der Waals surface area contributed by atoms with E-state index in [4.69, 9.17) is 18.9 Å². The number of hydrogen-bond acceptors (Lipinski definition) is 6. The Hall–Kier alpha value is -5.05. The van der Waals surface area contributed by atoms with Gasteiger partial charge >= 0.3 is 0 Å². The molecule has 0 saturated carbocycles. The van der Waals surface area contributed by atoms with Crippen LogP contribution in [0.4, 0.5) is 0 Å². The van der Waals surface area contributed by atoms with Crippen LogP contribution in [-0.4, -0.2) is 34.3 Å². The molecule has 0 aromatic heterocycles. The monoisotopic (exact) mass is 590 g/mol. The summed E-state index contributed by atoms with van der Waals surface area (Å²) in [6, 6.07) is 27.3. The lowest BCUT2D eigenvalue weighted by atomic mass is 9.98. The summed E-state index contributed by atoms with van der Waals surface area (Å²) >= 11 is 0. The van der Waals surface area contributed by atoms with Gasteiger partial charge in [0, 0.05) is 23.2 Å². The van der Waals surface area contributed by atoms with Crippen molar-refractivity contribution in [3.8, 4) is 45.3 Å². The number of hydroxylamine groups is 2. The van der Waals surface area contributed by atoms with Crippen LogP contribution in [0.15, 0.2) is 84.9 Å². The van der Waals surface area contributed by atoms with Crippen molar-refractivity contribution < 1.29 is 28.8 Å². The number of hydrogen-bond donors (Lipinski definition) is 2. The normalized spacial score (nSPS) is 12.0. The van der Waals surface area contributed by atoms with Gasteiger partial charge in [0.05, 0.1) is 28.4 Å². The van der Waals surface area contributed by atoms with Crippen molar-refractivity contribution in [3.05, 3.63) is 112 Å². The smallest absolute Gasteiger partial charge is 0.252 e. The van der Waals surface area contributed by atoms with Crippen LogP contribution in [0.2, 0.25) is 0 Å². The largest absolute Gasteiger partial charge is 0.634 e. The maximum absolute atomic E-state index is 13.4. The van der Waals surface area contributed by atoms with Crippen molar-refractivity contribution in [3.63, 3.8) is 0 Å². The molecular formula is C36H34N2O6. The molecule has 0 fully saturated rings. The van der Waals surface area contributed by atoms with Crippen LogP contribution in [0.1, 0.15) is 27.0 Å². The zero-order chi connectivity index (χ0) is 30.8. The third-order valence-electron chi connectivity index (χ3n) is 8.10. The number of rotatable bonds is 11. The van der Waals surface area contributed by atoms with Gasteiger partial charge in [-0.3, -0.25) is 4.79 Å². The average Bonchev–Trinajstić information content (AvgIpc) is 3.37. The molecule has 1 unspecified atom stereocenters. The van der Waals surface area contributed by atoms with E-state index in [0.717, 1.165) is 49.7 Å². The van der Waals surface area contributed by atoms with Gasteiger partial charge in [-0.2, -0.15) is 0 Å². The number of amides is 1. The molecule has 5 aromatic rings. The number of methoxy groups -OCH3 is 4. The molecule has 0 radical (unpaired) electrons. The van der Waals surface area contributed by atoms with Gasteiger partial charge in [-0.1, -0.05) is 42.5 Å². The number of benzene rings is 5. The Morgan fingerprint density at radius 2 is 1.20 bits per heavy atom. The van der Waals surface area contributed by atoms with E-state index >= 15 is 0 Å². The van der Waals surface area contributed by atoms with E-state index in [-0.39, 0.29) is 11.0 Å². The summed E-state index contributed by atoms with van der Waals surface area (Å²) in [5.41, 5.74) is 7.68. The highest BCUT2D eigenvalue weighted by Crippen LogP contribution is 2.48. The summed E-state index contributed by atoms with van der Waals surface area (Å²) < 4.78 is 21.4. The molecule has 8 nitrogen and oxygen atoms in total. The minimum absolute atomic E-state index is 0.110. The molecule has 44 heavy (non-hydrogen) atoms. The Kier molecular flexibility index (Phi) is 8.11. The fraction of sp³-hybridized carbons (Fsp3) is 0.194. The first-order chi connectivity index (χ1) is 21.4. The van der Waals surface area contributed by atoms with Crippen LogP contribution in [-0.2, 0) is 19.6 Å². The Labute approximate surface area is 256 Å². The highest BCUT2D eigenvalue weighted by Gasteiger charge is 2.24. The zero-order valence-electron chi connectivity index (χ0n) is 25.2. The lowest BCUT2D eigenvalue weighted by molar-refractivity contribution is -0.876. The Balaban J connectivity index is 1.22. The van der Waals surface area contributed by atoms with E-state index in [0.29, 0.717) is 48.2 Å². The molecule has 1 atom stereocenters. The minimum atomic E-state index is -0.152. The average molecular weight is 591 g/mol. The van der Waals surface area contributed by atoms with Gasteiger partial charge in [0.15, 0.2) is 23.0 Å². The van der Waals surface area contributed by atoms with Gasteiger partial charge in [-0.05, 0) is 81.1 Å². The van der Waals surface area contributed by atoms with Crippen molar-refractivity contribution in [2.45, 2.75) is 19.6 Å². The second kappa shape index (κ2) is 12.3. The van der Waals surface area contributed by atoms with Crippen molar-refractivity contribution in [2.24, 2.45) is 0 Å². The van der Waals surface area contributed by atoms with Crippen LogP contribution < -0.4 is 29.3 Å². The summed E-state index contributed by atoms with van der Waals surface area (Å²) in [7, 11) is 6.36. The second-order valence-electron chi connectivity index (χ2n) is 10.7. The Bertz CT molecular complexity index is 1870. The first kappa shape index (κ1) is 29.0. The molecule has 0 heterocycles. The lowest BCUT2D eigenvalue weighted by Gasteiger charge is -2.23. The van der Waals surface area contributed by atoms with Crippen LogP contribution in [0.3, 0.4) is 0 Å². The number of fused-ring (bicyclic) bond motifs is 3. The Morgan fingerprint density at radius 1 is 0.636 bits per heavy atom. The molecular weight excluding hydrogens is 556 g/mol. The third kappa shape index (κ3) is 5.41. The van der Waals surface area contributed by atoms with Gasteiger partial charge < -0.3 is 34.5 Å². The van der Waals surface area contributed by atoms with Crippen molar-refractivity contribution >= 4 is 16.7 Å². The molecule has 1 aliphatic carbocycles. The highest BCUT2D eigenvalue weighted by molar-refractivity contribution is 6.20. The van der Waals surface area contributed by atoms with Crippen LogP contribution >= 0.6 is 0 Å². The maximum Gasteiger partial charge on any atom is 0.252 e. The number of carbonyl (C=O) groups is 1. The molecule has 5 aromatic carbocycles. The quantitative estimate of drug-likeness (QED) is 0.193. The van der Waals surface area contributed by atoms with E-state index in [2.05, 4.69) is 23.5 Å². The molecule has 1 aliphatic rings. The molecule has 1 amide bonds. The SMILES string of the molecule is COc1ccc(CNC(=O)c2ccc3c4c(cccc24)-c2ccc(C[NH+]([O-])Cc4ccc(OC)c(OC)c4)cc2-3)cc1OC. The van der Waals surface area contributed by atoms with Crippen LogP contribution in [0.25, 0.3) is 33.0 Å². The summed E-state index contributed by atoms with van der Waals surface area (Å²) in [5, 5.41) is 18.2. The van der Waals surface area contributed by atoms with E-state index < -0.39 is 0 Å².